The van der Waals surface area contributed by atoms with Crippen molar-refractivity contribution in [3.8, 4) is 27.7 Å². The third-order valence-corrected chi connectivity index (χ3v) is 14.3. The molecule has 1 aromatic carbocycles. The van der Waals surface area contributed by atoms with Crippen molar-refractivity contribution in [2.24, 2.45) is 11.3 Å². The molecule has 58 heavy (non-hydrogen) atoms. The number of hydrogen-bond donors (Lipinski definition) is 3. The van der Waals surface area contributed by atoms with E-state index in [-0.39, 0.29) is 19.4 Å². The van der Waals surface area contributed by atoms with Crippen molar-refractivity contribution >= 4 is 45.2 Å². The van der Waals surface area contributed by atoms with Gasteiger partial charge in [0.1, 0.15) is 45.4 Å². The Balaban J connectivity index is 1.21. The molecule has 3 aliphatic carbocycles. The maximum atomic E-state index is 14.9. The maximum absolute atomic E-state index is 14.9. The minimum Gasteiger partial charge on any atom is -0.497 e. The molecule has 16 nitrogen and oxygen atoms in total. The number of thiazole rings is 1. The van der Waals surface area contributed by atoms with Gasteiger partial charge in [-0.1, -0.05) is 33.3 Å². The molecule has 0 bridgehead atoms. The van der Waals surface area contributed by atoms with E-state index in [4.69, 9.17) is 19.7 Å². The lowest BCUT2D eigenvalue weighted by Gasteiger charge is -2.37. The van der Waals surface area contributed by atoms with Gasteiger partial charge in [0.05, 0.1) is 18.4 Å². The molecule has 7 rings (SSSR count). The second kappa shape index (κ2) is 15.7. The first-order valence-electron chi connectivity index (χ1n) is 19.8. The second-order valence-electron chi connectivity index (χ2n) is 17.2. The number of carbonyl (C=O) groups is 4. The van der Waals surface area contributed by atoms with Crippen molar-refractivity contribution in [1.29, 1.82) is 0 Å². The Kier molecular flexibility index (Phi) is 11.2. The highest BCUT2D eigenvalue weighted by Gasteiger charge is 2.62. The number of hydrogen-bond acceptors (Lipinski definition) is 12. The Hall–Kier alpha value is -4.84. The number of nitrogens with zero attached hydrogens (tertiary/aromatic N) is 5. The van der Waals surface area contributed by atoms with Crippen LogP contribution in [0.2, 0.25) is 0 Å². The average molecular weight is 837 g/mol. The Morgan fingerprint density at radius 3 is 2.33 bits per heavy atom. The van der Waals surface area contributed by atoms with Crippen molar-refractivity contribution in [3.63, 3.8) is 0 Å². The molecule has 3 aromatic rings. The van der Waals surface area contributed by atoms with E-state index in [2.05, 4.69) is 26.9 Å². The highest BCUT2D eigenvalue weighted by atomic mass is 32.2. The number of nitrogens with one attached hydrogen (secondary N) is 3. The van der Waals surface area contributed by atoms with E-state index in [1.807, 2.05) is 57.3 Å². The SMILES string of the molecule is C=C[C@@H]1C[C@@]1(NC(=O)[C@@H]1C[C@@H](n2nc(-c3ccc(OC)cc3)c(-c3nccs3)n2)CN1C(=O)[C@@H](NC(=O)OC1(C)CCCCC1)C(C)(C)C)C(=O)NS(=O)(=O)C1CC1. The third kappa shape index (κ3) is 8.49. The predicted molar refractivity (Wildman–Crippen MR) is 216 cm³/mol. The predicted octanol–water partition coefficient (Wildman–Crippen LogP) is 4.75. The molecule has 0 radical (unpaired) electrons. The molecule has 0 spiro atoms. The minimum atomic E-state index is -3.92. The summed E-state index contributed by atoms with van der Waals surface area (Å²) in [6, 6.07) is 4.43. The van der Waals surface area contributed by atoms with Crippen molar-refractivity contribution in [2.45, 2.75) is 120 Å². The Bertz CT molecular complexity index is 2160. The van der Waals surface area contributed by atoms with E-state index in [9.17, 15) is 27.6 Å². The first-order valence-corrected chi connectivity index (χ1v) is 22.2. The Labute approximate surface area is 342 Å². The van der Waals surface area contributed by atoms with Gasteiger partial charge in [-0.2, -0.15) is 9.90 Å². The molecule has 18 heteroatoms. The van der Waals surface area contributed by atoms with Gasteiger partial charge in [0, 0.05) is 36.0 Å². The normalized spacial score (nSPS) is 24.6. The standard InChI is InChI=1S/C40H52N8O8S2/c1-7-25-22-40(25,36(51)46-58(53,54)28-15-16-28)43-33(49)29-21-26(48-44-30(24-11-13-27(55-6)14-12-24)31(45-48)34-41-19-20-57-34)23-47(29)35(50)32(38(2,3)4)42-37(52)56-39(5)17-9-8-10-18-39/h7,11-14,19-20,25-26,28-29,32H,1,8-10,15-18,21-23H2,2-6H3,(H,42,52)(H,43,49)(H,46,51)/t25-,26-,29+,32-,40+/m1/s1. The first kappa shape index (κ1) is 41.3. The summed E-state index contributed by atoms with van der Waals surface area (Å²) in [4.78, 5) is 64.0. The summed E-state index contributed by atoms with van der Waals surface area (Å²) in [6.45, 7) is 11.1. The van der Waals surface area contributed by atoms with Crippen LogP contribution in [0, 0.1) is 11.3 Å². The second-order valence-corrected chi connectivity index (χ2v) is 20.1. The van der Waals surface area contributed by atoms with Gasteiger partial charge in [0.25, 0.3) is 5.91 Å². The molecule has 1 aliphatic heterocycles. The molecular weight excluding hydrogens is 785 g/mol. The molecule has 4 amide bonds. The summed E-state index contributed by atoms with van der Waals surface area (Å²) in [5.41, 5.74) is -1.26. The number of aromatic nitrogens is 4. The van der Waals surface area contributed by atoms with Crippen LogP contribution in [0.5, 0.6) is 5.75 Å². The van der Waals surface area contributed by atoms with Gasteiger partial charge in [-0.3, -0.25) is 19.1 Å². The summed E-state index contributed by atoms with van der Waals surface area (Å²) in [7, 11) is -2.34. The number of rotatable bonds is 13. The average Bonchev–Trinajstić information content (AvgIpc) is 3.95. The highest BCUT2D eigenvalue weighted by molar-refractivity contribution is 7.91. The number of ether oxygens (including phenoxy) is 2. The fourth-order valence-corrected chi connectivity index (χ4v) is 9.98. The number of amides is 4. The van der Waals surface area contributed by atoms with Crippen LogP contribution in [0.25, 0.3) is 22.0 Å². The monoisotopic (exact) mass is 836 g/mol. The smallest absolute Gasteiger partial charge is 0.408 e. The van der Waals surface area contributed by atoms with Crippen LogP contribution >= 0.6 is 11.3 Å². The van der Waals surface area contributed by atoms with Crippen LogP contribution in [0.1, 0.15) is 91.5 Å². The highest BCUT2D eigenvalue weighted by Crippen LogP contribution is 2.46. The van der Waals surface area contributed by atoms with Gasteiger partial charge in [-0.25, -0.2) is 18.2 Å². The van der Waals surface area contributed by atoms with Gasteiger partial charge in [-0.15, -0.1) is 23.0 Å². The molecule has 3 N–H and O–H groups in total. The molecular formula is C40H52N8O8S2. The largest absolute Gasteiger partial charge is 0.497 e. The fourth-order valence-electron chi connectivity index (χ4n) is 7.99. The molecule has 4 aliphatic rings. The van der Waals surface area contributed by atoms with Crippen LogP contribution in [-0.4, -0.2) is 99.2 Å². The zero-order valence-corrected chi connectivity index (χ0v) is 35.2. The lowest BCUT2D eigenvalue weighted by Crippen LogP contribution is -2.60. The third-order valence-electron chi connectivity index (χ3n) is 11.7. The van der Waals surface area contributed by atoms with Crippen LogP contribution in [0.15, 0.2) is 48.5 Å². The lowest BCUT2D eigenvalue weighted by molar-refractivity contribution is -0.143. The van der Waals surface area contributed by atoms with Crippen LogP contribution in [-0.2, 0) is 29.1 Å². The molecule has 3 heterocycles. The summed E-state index contributed by atoms with van der Waals surface area (Å²) < 4.78 is 39.1. The summed E-state index contributed by atoms with van der Waals surface area (Å²) >= 11 is 1.39. The first-order chi connectivity index (χ1) is 27.5. The van der Waals surface area contributed by atoms with Crippen LogP contribution in [0.4, 0.5) is 4.79 Å². The van der Waals surface area contributed by atoms with E-state index in [0.29, 0.717) is 47.8 Å². The molecule has 4 fully saturated rings. The molecule has 312 valence electrons. The van der Waals surface area contributed by atoms with E-state index in [1.165, 1.54) is 27.1 Å². The van der Waals surface area contributed by atoms with Crippen molar-refractivity contribution in [1.82, 2.24) is 40.2 Å². The van der Waals surface area contributed by atoms with Crippen molar-refractivity contribution < 1.29 is 37.1 Å². The van der Waals surface area contributed by atoms with Gasteiger partial charge < -0.3 is 25.0 Å². The van der Waals surface area contributed by atoms with Gasteiger partial charge >= 0.3 is 6.09 Å². The van der Waals surface area contributed by atoms with Gasteiger partial charge in [0.15, 0.2) is 0 Å². The van der Waals surface area contributed by atoms with Crippen molar-refractivity contribution in [2.75, 3.05) is 13.7 Å². The number of benzene rings is 1. The zero-order valence-electron chi connectivity index (χ0n) is 33.5. The van der Waals surface area contributed by atoms with Crippen LogP contribution in [0.3, 0.4) is 0 Å². The number of methoxy groups -OCH3 is 1. The molecule has 2 aromatic heterocycles. The number of carbonyl (C=O) groups excluding carboxylic acids is 4. The topological polar surface area (TPSA) is 204 Å². The van der Waals surface area contributed by atoms with E-state index >= 15 is 0 Å². The Morgan fingerprint density at radius 1 is 1.05 bits per heavy atom. The van der Waals surface area contributed by atoms with E-state index < -0.39 is 79.7 Å². The van der Waals surface area contributed by atoms with E-state index in [1.54, 1.807) is 13.3 Å². The molecule has 1 saturated heterocycles. The number of alkyl carbamates (subject to hydrolysis) is 1. The van der Waals surface area contributed by atoms with Gasteiger partial charge in [0.2, 0.25) is 21.8 Å². The molecule has 3 saturated carbocycles. The van der Waals surface area contributed by atoms with Crippen molar-refractivity contribution in [3.05, 3.63) is 48.5 Å². The Morgan fingerprint density at radius 2 is 1.74 bits per heavy atom. The summed E-state index contributed by atoms with van der Waals surface area (Å²) in [6.07, 6.45) is 7.90. The maximum Gasteiger partial charge on any atom is 0.408 e. The summed E-state index contributed by atoms with van der Waals surface area (Å²) in [5.74, 6) is -1.91. The number of sulfonamides is 1. The van der Waals surface area contributed by atoms with E-state index in [0.717, 1.165) is 24.8 Å². The lowest BCUT2D eigenvalue weighted by atomic mass is 9.85. The summed E-state index contributed by atoms with van der Waals surface area (Å²) in [5, 5.41) is 17.3. The molecule has 0 unspecified atom stereocenters. The molecule has 5 atom stereocenters. The van der Waals surface area contributed by atoms with Gasteiger partial charge in [-0.05, 0) is 81.5 Å². The van der Waals surface area contributed by atoms with Crippen LogP contribution < -0.4 is 20.1 Å². The number of likely N-dealkylation sites (tertiary alicyclic amines) is 1. The fraction of sp³-hybridized carbons (Fsp3) is 0.575. The minimum absolute atomic E-state index is 0.0217. The quantitative estimate of drug-likeness (QED) is 0.201. The zero-order chi connectivity index (χ0) is 41.6.